The van der Waals surface area contributed by atoms with Crippen LogP contribution in [0.5, 0.6) is 0 Å². The van der Waals surface area contributed by atoms with Crippen LogP contribution in [0.15, 0.2) is 42.6 Å². The van der Waals surface area contributed by atoms with Crippen molar-refractivity contribution < 1.29 is 14.3 Å². The molecule has 1 saturated heterocycles. The van der Waals surface area contributed by atoms with E-state index in [-0.39, 0.29) is 12.0 Å². The Morgan fingerprint density at radius 1 is 1.07 bits per heavy atom. The van der Waals surface area contributed by atoms with E-state index in [1.807, 2.05) is 49.3 Å². The van der Waals surface area contributed by atoms with Crippen LogP contribution in [0.1, 0.15) is 17.3 Å². The molecular weight excluding hydrogens is 370 g/mol. The fourth-order valence-electron chi connectivity index (χ4n) is 3.09. The summed E-state index contributed by atoms with van der Waals surface area (Å²) < 4.78 is 5.04. The van der Waals surface area contributed by atoms with Crippen molar-refractivity contribution in [3.63, 3.8) is 0 Å². The standard InChI is InChI=1S/C21H27N5O3/c1-4-29-21(28)26-13-11-25(12-14-26)19-10-5-16(15-22-19)20(27)23-17-6-8-18(9-7-17)24(2)3/h5-10,15H,4,11-14H2,1-3H3,(H,23,27). The number of amides is 2. The molecule has 1 aliphatic heterocycles. The lowest BCUT2D eigenvalue weighted by Gasteiger charge is -2.34. The molecule has 8 nitrogen and oxygen atoms in total. The smallest absolute Gasteiger partial charge is 0.409 e. The van der Waals surface area contributed by atoms with Gasteiger partial charge in [-0.3, -0.25) is 4.79 Å². The Kier molecular flexibility index (Phi) is 6.54. The summed E-state index contributed by atoms with van der Waals surface area (Å²) in [6.07, 6.45) is 1.31. The van der Waals surface area contributed by atoms with E-state index in [1.165, 1.54) is 0 Å². The fraction of sp³-hybridized carbons (Fsp3) is 0.381. The van der Waals surface area contributed by atoms with Gasteiger partial charge in [0.25, 0.3) is 5.91 Å². The number of pyridine rings is 1. The molecule has 1 aromatic carbocycles. The van der Waals surface area contributed by atoms with Gasteiger partial charge in [0.2, 0.25) is 0 Å². The molecule has 0 spiro atoms. The van der Waals surface area contributed by atoms with Crippen molar-refractivity contribution in [2.45, 2.75) is 6.92 Å². The molecule has 2 aromatic rings. The number of rotatable bonds is 5. The summed E-state index contributed by atoms with van der Waals surface area (Å²) >= 11 is 0. The molecule has 1 fully saturated rings. The van der Waals surface area contributed by atoms with Crippen LogP contribution in [0, 0.1) is 0 Å². The van der Waals surface area contributed by atoms with E-state index in [4.69, 9.17) is 4.74 Å². The van der Waals surface area contributed by atoms with Gasteiger partial charge in [0.15, 0.2) is 0 Å². The number of anilines is 3. The second-order valence-corrected chi connectivity index (χ2v) is 6.97. The second-order valence-electron chi connectivity index (χ2n) is 6.97. The molecule has 0 saturated carbocycles. The van der Waals surface area contributed by atoms with Gasteiger partial charge in [-0.1, -0.05) is 0 Å². The van der Waals surface area contributed by atoms with Crippen LogP contribution in [0.2, 0.25) is 0 Å². The summed E-state index contributed by atoms with van der Waals surface area (Å²) in [4.78, 5) is 34.5. The summed E-state index contributed by atoms with van der Waals surface area (Å²) in [5.41, 5.74) is 2.30. The third-order valence-electron chi connectivity index (χ3n) is 4.78. The van der Waals surface area contributed by atoms with E-state index >= 15 is 0 Å². The molecule has 1 aliphatic rings. The molecule has 0 radical (unpaired) electrons. The number of hydrogen-bond acceptors (Lipinski definition) is 6. The van der Waals surface area contributed by atoms with Crippen LogP contribution >= 0.6 is 0 Å². The lowest BCUT2D eigenvalue weighted by Crippen LogP contribution is -2.49. The Balaban J connectivity index is 1.56. The third kappa shape index (κ3) is 5.16. The van der Waals surface area contributed by atoms with Crippen molar-refractivity contribution in [3.05, 3.63) is 48.2 Å². The topological polar surface area (TPSA) is 78.0 Å². The molecule has 1 N–H and O–H groups in total. The normalized spacial score (nSPS) is 13.8. The largest absolute Gasteiger partial charge is 0.450 e. The Labute approximate surface area is 171 Å². The van der Waals surface area contributed by atoms with E-state index in [9.17, 15) is 9.59 Å². The number of carbonyl (C=O) groups is 2. The van der Waals surface area contributed by atoms with Gasteiger partial charge in [0, 0.05) is 57.8 Å². The van der Waals surface area contributed by atoms with Crippen LogP contribution in [0.3, 0.4) is 0 Å². The maximum atomic E-state index is 12.5. The molecule has 3 rings (SSSR count). The van der Waals surface area contributed by atoms with Gasteiger partial charge in [0.1, 0.15) is 5.82 Å². The van der Waals surface area contributed by atoms with Crippen LogP contribution in [0.25, 0.3) is 0 Å². The highest BCUT2D eigenvalue weighted by Gasteiger charge is 2.22. The van der Waals surface area contributed by atoms with Gasteiger partial charge in [-0.15, -0.1) is 0 Å². The molecule has 0 aliphatic carbocycles. The van der Waals surface area contributed by atoms with Crippen molar-refractivity contribution in [3.8, 4) is 0 Å². The van der Waals surface area contributed by atoms with Gasteiger partial charge in [0.05, 0.1) is 12.2 Å². The number of aromatic nitrogens is 1. The van der Waals surface area contributed by atoms with Crippen molar-refractivity contribution in [1.82, 2.24) is 9.88 Å². The fourth-order valence-corrected chi connectivity index (χ4v) is 3.09. The van der Waals surface area contributed by atoms with E-state index in [1.54, 1.807) is 24.1 Å². The summed E-state index contributed by atoms with van der Waals surface area (Å²) in [6, 6.07) is 11.3. The van der Waals surface area contributed by atoms with Crippen LogP contribution in [0.4, 0.5) is 22.0 Å². The zero-order valence-electron chi connectivity index (χ0n) is 17.1. The number of piperazine rings is 1. The van der Waals surface area contributed by atoms with E-state index in [2.05, 4.69) is 15.2 Å². The predicted octanol–water partition coefficient (Wildman–Crippen LogP) is 2.68. The molecule has 29 heavy (non-hydrogen) atoms. The van der Waals surface area contributed by atoms with Gasteiger partial charge in [-0.2, -0.15) is 0 Å². The van der Waals surface area contributed by atoms with Gasteiger partial charge >= 0.3 is 6.09 Å². The molecule has 8 heteroatoms. The first kappa shape index (κ1) is 20.4. The highest BCUT2D eigenvalue weighted by molar-refractivity contribution is 6.04. The van der Waals surface area contributed by atoms with Crippen molar-refractivity contribution in [2.24, 2.45) is 0 Å². The average Bonchev–Trinajstić information content (AvgIpc) is 2.74. The Morgan fingerprint density at radius 2 is 1.76 bits per heavy atom. The summed E-state index contributed by atoms with van der Waals surface area (Å²) in [7, 11) is 3.94. The van der Waals surface area contributed by atoms with E-state index in [0.717, 1.165) is 17.2 Å². The lowest BCUT2D eigenvalue weighted by atomic mass is 10.2. The molecule has 0 atom stereocenters. The van der Waals surface area contributed by atoms with Crippen molar-refractivity contribution in [1.29, 1.82) is 0 Å². The maximum Gasteiger partial charge on any atom is 0.409 e. The average molecular weight is 397 g/mol. The molecule has 2 amide bonds. The third-order valence-corrected chi connectivity index (χ3v) is 4.78. The first-order chi connectivity index (χ1) is 14.0. The minimum Gasteiger partial charge on any atom is -0.450 e. The van der Waals surface area contributed by atoms with Crippen LogP contribution in [-0.2, 0) is 4.74 Å². The number of carbonyl (C=O) groups excluding carboxylic acids is 2. The zero-order chi connectivity index (χ0) is 20.8. The minimum atomic E-state index is -0.272. The van der Waals surface area contributed by atoms with Gasteiger partial charge in [-0.25, -0.2) is 9.78 Å². The molecular formula is C21H27N5O3. The number of benzene rings is 1. The number of ether oxygens (including phenoxy) is 1. The highest BCUT2D eigenvalue weighted by atomic mass is 16.6. The molecule has 1 aromatic heterocycles. The molecule has 154 valence electrons. The minimum absolute atomic E-state index is 0.200. The quantitative estimate of drug-likeness (QED) is 0.836. The Morgan fingerprint density at radius 3 is 2.31 bits per heavy atom. The zero-order valence-corrected chi connectivity index (χ0v) is 17.1. The molecule has 0 bridgehead atoms. The summed E-state index contributed by atoms with van der Waals surface area (Å²) in [6.45, 7) is 4.71. The first-order valence-corrected chi connectivity index (χ1v) is 9.69. The lowest BCUT2D eigenvalue weighted by molar-refractivity contribution is 0.102. The van der Waals surface area contributed by atoms with Gasteiger partial charge in [-0.05, 0) is 43.3 Å². The van der Waals surface area contributed by atoms with Crippen molar-refractivity contribution >= 4 is 29.2 Å². The van der Waals surface area contributed by atoms with E-state index < -0.39 is 0 Å². The van der Waals surface area contributed by atoms with E-state index in [0.29, 0.717) is 38.3 Å². The van der Waals surface area contributed by atoms with Crippen LogP contribution in [-0.4, -0.2) is 68.8 Å². The molecule has 0 unspecified atom stereocenters. The van der Waals surface area contributed by atoms with Crippen LogP contribution < -0.4 is 15.1 Å². The maximum absolute atomic E-state index is 12.5. The summed E-state index contributed by atoms with van der Waals surface area (Å²) in [5, 5.41) is 2.88. The number of nitrogens with zero attached hydrogens (tertiary/aromatic N) is 4. The Bertz CT molecular complexity index is 828. The highest BCUT2D eigenvalue weighted by Crippen LogP contribution is 2.18. The predicted molar refractivity (Wildman–Crippen MR) is 114 cm³/mol. The van der Waals surface area contributed by atoms with Crippen molar-refractivity contribution in [2.75, 3.05) is 62.0 Å². The summed E-state index contributed by atoms with van der Waals surface area (Å²) in [5.74, 6) is 0.592. The van der Waals surface area contributed by atoms with Gasteiger partial charge < -0.3 is 24.8 Å². The second kappa shape index (κ2) is 9.27. The number of nitrogens with one attached hydrogen (secondary N) is 1. The first-order valence-electron chi connectivity index (χ1n) is 9.69. The molecule has 2 heterocycles. The SMILES string of the molecule is CCOC(=O)N1CCN(c2ccc(C(=O)Nc3ccc(N(C)C)cc3)cn2)CC1. The monoisotopic (exact) mass is 397 g/mol. The number of hydrogen-bond donors (Lipinski definition) is 1. The Hall–Kier alpha value is -3.29.